The van der Waals surface area contributed by atoms with E-state index in [-0.39, 0.29) is 5.91 Å². The number of pyridine rings is 1. The third kappa shape index (κ3) is 2.50. The van der Waals surface area contributed by atoms with Crippen molar-refractivity contribution in [2.75, 3.05) is 30.0 Å². The van der Waals surface area contributed by atoms with E-state index in [2.05, 4.69) is 16.0 Å². The van der Waals surface area contributed by atoms with Gasteiger partial charge in [-0.15, -0.1) is 0 Å². The summed E-state index contributed by atoms with van der Waals surface area (Å²) in [5, 5.41) is 0. The molecule has 1 fully saturated rings. The number of hydrogen-bond donors (Lipinski definition) is 0. The van der Waals surface area contributed by atoms with E-state index in [1.165, 1.54) is 12.8 Å². The normalized spacial score (nSPS) is 16.8. The molecule has 5 heteroatoms. The molecule has 2 heterocycles. The molecule has 4 rings (SSSR count). The van der Waals surface area contributed by atoms with Crippen LogP contribution in [0.5, 0.6) is 5.88 Å². The van der Waals surface area contributed by atoms with E-state index >= 15 is 0 Å². The van der Waals surface area contributed by atoms with E-state index in [1.807, 2.05) is 36.1 Å². The highest BCUT2D eigenvalue weighted by Crippen LogP contribution is 2.40. The molecule has 1 amide bonds. The summed E-state index contributed by atoms with van der Waals surface area (Å²) in [7, 11) is 1.55. The molecule has 1 aromatic heterocycles. The third-order valence-electron chi connectivity index (χ3n) is 4.70. The van der Waals surface area contributed by atoms with Crippen molar-refractivity contribution in [3.05, 3.63) is 47.7 Å². The Bertz CT molecular complexity index is 786. The molecule has 0 bridgehead atoms. The predicted molar refractivity (Wildman–Crippen MR) is 94.0 cm³/mol. The van der Waals surface area contributed by atoms with E-state index in [9.17, 15) is 4.79 Å². The Labute approximate surface area is 141 Å². The number of anilines is 2. The van der Waals surface area contributed by atoms with Crippen molar-refractivity contribution in [2.24, 2.45) is 0 Å². The second kappa shape index (κ2) is 5.82. The molecule has 0 spiro atoms. The first-order valence-electron chi connectivity index (χ1n) is 8.38. The van der Waals surface area contributed by atoms with Crippen molar-refractivity contribution < 1.29 is 9.53 Å². The fraction of sp³-hybridized carbons (Fsp3) is 0.368. The lowest BCUT2D eigenvalue weighted by Gasteiger charge is -2.38. The summed E-state index contributed by atoms with van der Waals surface area (Å²) < 4.78 is 5.33. The zero-order valence-corrected chi connectivity index (χ0v) is 14.0. The van der Waals surface area contributed by atoms with Gasteiger partial charge in [0, 0.05) is 24.8 Å². The Morgan fingerprint density at radius 3 is 2.58 bits per heavy atom. The number of carbonyl (C=O) groups excluding carboxylic acids is 1. The SMILES string of the molecule is COc1nc(C)ccc1C(=O)N1CCN(C2CC2)c2ccccc21. The number of nitrogens with zero attached hydrogens (tertiary/aromatic N) is 3. The Balaban J connectivity index is 1.71. The summed E-state index contributed by atoms with van der Waals surface area (Å²) in [4.78, 5) is 21.8. The minimum Gasteiger partial charge on any atom is -0.480 e. The smallest absolute Gasteiger partial charge is 0.263 e. The quantitative estimate of drug-likeness (QED) is 0.871. The van der Waals surface area contributed by atoms with Gasteiger partial charge in [0.2, 0.25) is 5.88 Å². The molecule has 2 aliphatic rings. The minimum absolute atomic E-state index is 0.0535. The number of methoxy groups -OCH3 is 1. The molecule has 0 atom stereocenters. The number of hydrogen-bond acceptors (Lipinski definition) is 4. The van der Waals surface area contributed by atoms with Gasteiger partial charge in [-0.05, 0) is 44.0 Å². The van der Waals surface area contributed by atoms with Crippen LogP contribution in [-0.4, -0.2) is 37.1 Å². The third-order valence-corrected chi connectivity index (χ3v) is 4.70. The van der Waals surface area contributed by atoms with Gasteiger partial charge in [0.25, 0.3) is 5.91 Å². The second-order valence-corrected chi connectivity index (χ2v) is 6.38. The van der Waals surface area contributed by atoms with E-state index < -0.39 is 0 Å². The van der Waals surface area contributed by atoms with E-state index in [0.29, 0.717) is 24.0 Å². The van der Waals surface area contributed by atoms with Crippen molar-refractivity contribution in [1.29, 1.82) is 0 Å². The highest BCUT2D eigenvalue weighted by Gasteiger charge is 2.36. The predicted octanol–water partition coefficient (Wildman–Crippen LogP) is 3.03. The van der Waals surface area contributed by atoms with Crippen LogP contribution in [0.2, 0.25) is 0 Å². The van der Waals surface area contributed by atoms with Gasteiger partial charge in [0.1, 0.15) is 5.56 Å². The fourth-order valence-corrected chi connectivity index (χ4v) is 3.36. The summed E-state index contributed by atoms with van der Waals surface area (Å²) in [6.45, 7) is 3.44. The van der Waals surface area contributed by atoms with Gasteiger partial charge in [0.15, 0.2) is 0 Å². The van der Waals surface area contributed by atoms with Crippen LogP contribution < -0.4 is 14.5 Å². The average Bonchev–Trinajstić information content (AvgIpc) is 3.45. The van der Waals surface area contributed by atoms with Gasteiger partial charge in [-0.25, -0.2) is 4.98 Å². The van der Waals surface area contributed by atoms with Crippen molar-refractivity contribution in [3.8, 4) is 5.88 Å². The van der Waals surface area contributed by atoms with Crippen LogP contribution in [0.4, 0.5) is 11.4 Å². The lowest BCUT2D eigenvalue weighted by molar-refractivity contribution is 0.0983. The highest BCUT2D eigenvalue weighted by molar-refractivity contribution is 6.09. The van der Waals surface area contributed by atoms with Crippen LogP contribution in [0.1, 0.15) is 28.9 Å². The first-order valence-corrected chi connectivity index (χ1v) is 8.38. The number of aromatic nitrogens is 1. The van der Waals surface area contributed by atoms with Crippen molar-refractivity contribution in [1.82, 2.24) is 4.98 Å². The molecule has 124 valence electrons. The number of carbonyl (C=O) groups is 1. The molecule has 0 radical (unpaired) electrons. The van der Waals surface area contributed by atoms with Crippen LogP contribution in [-0.2, 0) is 0 Å². The number of fused-ring (bicyclic) bond motifs is 1. The molecule has 1 aromatic carbocycles. The maximum atomic E-state index is 13.1. The molecule has 24 heavy (non-hydrogen) atoms. The summed E-state index contributed by atoms with van der Waals surface area (Å²) in [6.07, 6.45) is 2.50. The fourth-order valence-electron chi connectivity index (χ4n) is 3.36. The lowest BCUT2D eigenvalue weighted by atomic mass is 10.1. The molecule has 2 aromatic rings. The van der Waals surface area contributed by atoms with E-state index in [0.717, 1.165) is 23.6 Å². The minimum atomic E-state index is -0.0535. The van der Waals surface area contributed by atoms with Gasteiger partial charge in [-0.2, -0.15) is 0 Å². The Morgan fingerprint density at radius 2 is 1.88 bits per heavy atom. The topological polar surface area (TPSA) is 45.7 Å². The number of para-hydroxylation sites is 2. The van der Waals surface area contributed by atoms with Gasteiger partial charge in [-0.3, -0.25) is 4.79 Å². The Morgan fingerprint density at radius 1 is 1.12 bits per heavy atom. The van der Waals surface area contributed by atoms with E-state index in [1.54, 1.807) is 13.2 Å². The molecular formula is C19H21N3O2. The number of ether oxygens (including phenoxy) is 1. The summed E-state index contributed by atoms with van der Waals surface area (Å²) in [5.41, 5.74) is 3.47. The first kappa shape index (κ1) is 15.0. The van der Waals surface area contributed by atoms with Crippen LogP contribution in [0.15, 0.2) is 36.4 Å². The number of aryl methyl sites for hydroxylation is 1. The van der Waals surface area contributed by atoms with Gasteiger partial charge in [-0.1, -0.05) is 12.1 Å². The van der Waals surface area contributed by atoms with Gasteiger partial charge in [0.05, 0.1) is 18.5 Å². The summed E-state index contributed by atoms with van der Waals surface area (Å²) in [6, 6.07) is 12.4. The molecule has 1 aliphatic carbocycles. The second-order valence-electron chi connectivity index (χ2n) is 6.38. The standard InChI is InChI=1S/C19H21N3O2/c1-13-7-10-15(18(20-13)24-2)19(23)22-12-11-21(14-8-9-14)16-5-3-4-6-17(16)22/h3-7,10,14H,8-9,11-12H2,1-2H3. The molecule has 1 saturated carbocycles. The van der Waals surface area contributed by atoms with Gasteiger partial charge < -0.3 is 14.5 Å². The van der Waals surface area contributed by atoms with E-state index in [4.69, 9.17) is 4.74 Å². The van der Waals surface area contributed by atoms with Crippen LogP contribution in [0.3, 0.4) is 0 Å². The molecule has 0 saturated heterocycles. The maximum absolute atomic E-state index is 13.1. The zero-order chi connectivity index (χ0) is 16.7. The van der Waals surface area contributed by atoms with Crippen LogP contribution >= 0.6 is 0 Å². The molecule has 1 aliphatic heterocycles. The molecule has 0 N–H and O–H groups in total. The largest absolute Gasteiger partial charge is 0.480 e. The maximum Gasteiger partial charge on any atom is 0.263 e. The van der Waals surface area contributed by atoms with Gasteiger partial charge >= 0.3 is 0 Å². The zero-order valence-electron chi connectivity index (χ0n) is 14.0. The van der Waals surface area contributed by atoms with Crippen molar-refractivity contribution in [3.63, 3.8) is 0 Å². The lowest BCUT2D eigenvalue weighted by Crippen LogP contribution is -2.45. The first-order chi connectivity index (χ1) is 11.7. The van der Waals surface area contributed by atoms with Crippen molar-refractivity contribution >= 4 is 17.3 Å². The average molecular weight is 323 g/mol. The number of amides is 1. The van der Waals surface area contributed by atoms with Crippen molar-refractivity contribution in [2.45, 2.75) is 25.8 Å². The molecule has 0 unspecified atom stereocenters. The van der Waals surface area contributed by atoms with Crippen LogP contribution in [0, 0.1) is 6.92 Å². The van der Waals surface area contributed by atoms with Crippen LogP contribution in [0.25, 0.3) is 0 Å². The highest BCUT2D eigenvalue weighted by atomic mass is 16.5. The molecular weight excluding hydrogens is 302 g/mol. The number of rotatable bonds is 3. The monoisotopic (exact) mass is 323 g/mol. The Hall–Kier alpha value is -2.56. The molecule has 5 nitrogen and oxygen atoms in total. The Kier molecular flexibility index (Phi) is 3.63. The summed E-state index contributed by atoms with van der Waals surface area (Å²) >= 11 is 0. The number of benzene rings is 1. The summed E-state index contributed by atoms with van der Waals surface area (Å²) in [5.74, 6) is 0.337.